The highest BCUT2D eigenvalue weighted by Gasteiger charge is 2.24. The van der Waals surface area contributed by atoms with Gasteiger partial charge in [-0.05, 0) is 73.0 Å². The third-order valence-electron chi connectivity index (χ3n) is 10.8. The van der Waals surface area contributed by atoms with Crippen molar-refractivity contribution in [3.63, 3.8) is 0 Å². The molecule has 0 aliphatic carbocycles. The molecule has 0 atom stereocenters. The van der Waals surface area contributed by atoms with E-state index in [0.717, 1.165) is 16.6 Å². The number of rotatable bonds is 10. The zero-order valence-corrected chi connectivity index (χ0v) is 37.9. The molecule has 6 nitrogen and oxygen atoms in total. The lowest BCUT2D eigenvalue weighted by Gasteiger charge is -2.15. The van der Waals surface area contributed by atoms with Crippen LogP contribution < -0.4 is 0 Å². The maximum Gasteiger partial charge on any atom is 0.145 e. The van der Waals surface area contributed by atoms with Crippen molar-refractivity contribution in [2.75, 3.05) is 0 Å². The topological polar surface area (TPSA) is 78.1 Å². The lowest BCUT2D eigenvalue weighted by molar-refractivity contribution is -0.132. The van der Waals surface area contributed by atoms with Gasteiger partial charge in [0.05, 0.1) is 34.9 Å². The van der Waals surface area contributed by atoms with Crippen molar-refractivity contribution in [3.8, 4) is 11.4 Å². The van der Waals surface area contributed by atoms with Gasteiger partial charge in [-0.1, -0.05) is 155 Å². The second-order valence-electron chi connectivity index (χ2n) is 17.6. The molecule has 7 heteroatoms. The molecule has 0 unspecified atom stereocenters. The van der Waals surface area contributed by atoms with Gasteiger partial charge in [0.25, 0.3) is 0 Å². The molecule has 6 aromatic carbocycles. The van der Waals surface area contributed by atoms with Crippen LogP contribution in [0.1, 0.15) is 78.9 Å². The summed E-state index contributed by atoms with van der Waals surface area (Å²) in [5.74, 6) is -0.0180. The predicted octanol–water partition coefficient (Wildman–Crippen LogP) is 13.5. The summed E-state index contributed by atoms with van der Waals surface area (Å²) in [7, 11) is 0. The Morgan fingerprint density at radius 2 is 0.787 bits per heavy atom. The molecule has 2 aromatic heterocycles. The van der Waals surface area contributed by atoms with Crippen molar-refractivity contribution in [2.24, 2.45) is 10.8 Å². The van der Waals surface area contributed by atoms with Gasteiger partial charge in [0.1, 0.15) is 23.1 Å². The standard InChI is InChI=1S/C27H27NO2.C19H14BrN.C8H14O2/c1-27(2,3)26(30)18-21(29)17-14-19-12-15-20(16-13-19)28-24-10-6-4-8-22(24)23-9-5-7-11-25(23)28;20-13-14-9-11-15(12-10-14)21-18-7-3-1-5-16(18)17-6-2-4-8-19(17)21;1-6(9)5-7(10)8(2,3)4/h4-13,15-16H,14,17-18H2,1-3H3;1-12H,13H2;5H2,1-4H3. The number of Topliss-reactive ketones (excluding diaryl/α,β-unsaturated/α-hetero) is 4. The lowest BCUT2D eigenvalue weighted by atomic mass is 9.87. The molecule has 0 spiro atoms. The van der Waals surface area contributed by atoms with E-state index in [0.29, 0.717) is 12.8 Å². The Morgan fingerprint density at radius 3 is 1.10 bits per heavy atom. The van der Waals surface area contributed by atoms with Gasteiger partial charge >= 0.3 is 0 Å². The number of ketones is 4. The molecule has 0 N–H and O–H groups in total. The van der Waals surface area contributed by atoms with E-state index in [1.807, 2.05) is 41.5 Å². The minimum Gasteiger partial charge on any atom is -0.309 e. The van der Waals surface area contributed by atoms with Gasteiger partial charge in [0, 0.05) is 55.5 Å². The molecule has 0 saturated heterocycles. The summed E-state index contributed by atoms with van der Waals surface area (Å²) in [6.07, 6.45) is 1.16. The zero-order valence-electron chi connectivity index (χ0n) is 36.3. The number of carbonyl (C=O) groups excluding carboxylic acids is 4. The molecule has 0 aliphatic rings. The molecule has 61 heavy (non-hydrogen) atoms. The van der Waals surface area contributed by atoms with Crippen LogP contribution in [-0.4, -0.2) is 32.3 Å². The Morgan fingerprint density at radius 1 is 0.459 bits per heavy atom. The molecule has 2 heterocycles. The number of nitrogens with zero attached hydrogens (tertiary/aromatic N) is 2. The van der Waals surface area contributed by atoms with E-state index < -0.39 is 5.41 Å². The van der Waals surface area contributed by atoms with Gasteiger partial charge in [-0.25, -0.2) is 0 Å². The number of benzene rings is 6. The van der Waals surface area contributed by atoms with E-state index in [4.69, 9.17) is 0 Å². The Labute approximate surface area is 367 Å². The Balaban J connectivity index is 0.000000174. The van der Waals surface area contributed by atoms with Gasteiger partial charge in [-0.3, -0.25) is 19.2 Å². The van der Waals surface area contributed by atoms with Crippen LogP contribution in [0, 0.1) is 10.8 Å². The molecule has 0 bridgehead atoms. The molecule has 8 aromatic rings. The van der Waals surface area contributed by atoms with E-state index in [1.54, 1.807) is 0 Å². The van der Waals surface area contributed by atoms with Crippen LogP contribution in [0.5, 0.6) is 0 Å². The van der Waals surface area contributed by atoms with Gasteiger partial charge in [0.2, 0.25) is 0 Å². The first-order valence-corrected chi connectivity index (χ1v) is 22.0. The summed E-state index contributed by atoms with van der Waals surface area (Å²) in [5, 5.41) is 5.98. The van der Waals surface area contributed by atoms with E-state index in [-0.39, 0.29) is 41.4 Å². The smallest absolute Gasteiger partial charge is 0.145 e. The largest absolute Gasteiger partial charge is 0.309 e. The molecule has 312 valence electrons. The average Bonchev–Trinajstić information content (AvgIpc) is 3.76. The number of alkyl halides is 1. The normalized spacial score (nSPS) is 11.5. The maximum absolute atomic E-state index is 12.2. The van der Waals surface area contributed by atoms with Gasteiger partial charge in [0.15, 0.2) is 0 Å². The maximum atomic E-state index is 12.2. The van der Waals surface area contributed by atoms with Gasteiger partial charge in [-0.2, -0.15) is 0 Å². The minimum absolute atomic E-state index is 0.00853. The average molecular weight is 876 g/mol. The summed E-state index contributed by atoms with van der Waals surface area (Å²) < 4.78 is 4.62. The van der Waals surface area contributed by atoms with Crippen molar-refractivity contribution in [1.82, 2.24) is 9.13 Å². The summed E-state index contributed by atoms with van der Waals surface area (Å²) in [4.78, 5) is 45.8. The highest BCUT2D eigenvalue weighted by Crippen LogP contribution is 2.33. The molecule has 0 aliphatic heterocycles. The van der Waals surface area contributed by atoms with Crippen molar-refractivity contribution >= 4 is 82.7 Å². The van der Waals surface area contributed by atoms with Crippen molar-refractivity contribution in [1.29, 1.82) is 0 Å². The third-order valence-corrected chi connectivity index (χ3v) is 11.5. The fourth-order valence-corrected chi connectivity index (χ4v) is 7.63. The summed E-state index contributed by atoms with van der Waals surface area (Å²) >= 11 is 3.50. The second-order valence-corrected chi connectivity index (χ2v) is 18.2. The van der Waals surface area contributed by atoms with Crippen molar-refractivity contribution < 1.29 is 19.2 Å². The number of carbonyl (C=O) groups is 4. The predicted molar refractivity (Wildman–Crippen MR) is 256 cm³/mol. The summed E-state index contributed by atoms with van der Waals surface area (Å²) in [6.45, 7) is 12.5. The number of hydrogen-bond donors (Lipinski definition) is 0. The van der Waals surface area contributed by atoms with Crippen LogP contribution in [0.3, 0.4) is 0 Å². The second kappa shape index (κ2) is 19.2. The molecular weight excluding hydrogens is 821 g/mol. The number of fused-ring (bicyclic) bond motifs is 6. The van der Waals surface area contributed by atoms with Crippen LogP contribution in [-0.2, 0) is 30.9 Å². The molecule has 0 amide bonds. The number of aromatic nitrogens is 2. The van der Waals surface area contributed by atoms with Crippen molar-refractivity contribution in [3.05, 3.63) is 157 Å². The van der Waals surface area contributed by atoms with Crippen LogP contribution in [0.4, 0.5) is 0 Å². The van der Waals surface area contributed by atoms with Crippen molar-refractivity contribution in [2.45, 2.75) is 79.5 Å². The van der Waals surface area contributed by atoms with Crippen LogP contribution in [0.15, 0.2) is 146 Å². The van der Waals surface area contributed by atoms with Crippen LogP contribution in [0.25, 0.3) is 55.0 Å². The Hall–Kier alpha value is -5.92. The quantitative estimate of drug-likeness (QED) is 0.101. The minimum atomic E-state index is -0.459. The highest BCUT2D eigenvalue weighted by atomic mass is 79.9. The summed E-state index contributed by atoms with van der Waals surface area (Å²) in [6, 6.07) is 51.2. The monoisotopic (exact) mass is 874 g/mol. The molecule has 8 rings (SSSR count). The first-order valence-electron chi connectivity index (χ1n) is 20.9. The summed E-state index contributed by atoms with van der Waals surface area (Å²) in [5.41, 5.74) is 8.75. The third kappa shape index (κ3) is 10.7. The Bertz CT molecular complexity index is 2720. The number of halogens is 1. The lowest BCUT2D eigenvalue weighted by Crippen LogP contribution is -2.23. The molecule has 0 fully saturated rings. The van der Waals surface area contributed by atoms with E-state index in [9.17, 15) is 19.2 Å². The fraction of sp³-hybridized carbons (Fsp3) is 0.259. The van der Waals surface area contributed by atoms with E-state index >= 15 is 0 Å². The first kappa shape index (κ1) is 44.6. The molecular formula is C54H55BrN2O4. The number of para-hydroxylation sites is 4. The fourth-order valence-electron chi connectivity index (χ4n) is 7.25. The first-order chi connectivity index (χ1) is 29.1. The van der Waals surface area contributed by atoms with E-state index in [2.05, 4.69) is 171 Å². The van der Waals surface area contributed by atoms with E-state index in [1.165, 1.54) is 61.8 Å². The SMILES string of the molecule is BrCc1ccc(-n2c3ccccc3c3ccccc32)cc1.CC(=O)CC(=O)C(C)(C)C.CC(C)(C)C(=O)CC(=O)CCc1ccc(-n2c3ccccc3c3ccccc32)cc1. The zero-order chi connectivity index (χ0) is 43.9. The number of hydrogen-bond acceptors (Lipinski definition) is 4. The molecule has 0 saturated carbocycles. The van der Waals surface area contributed by atoms with Gasteiger partial charge < -0.3 is 9.13 Å². The van der Waals surface area contributed by atoms with Crippen LogP contribution >= 0.6 is 15.9 Å². The Kier molecular flexibility index (Phi) is 14.0. The highest BCUT2D eigenvalue weighted by molar-refractivity contribution is 9.08. The molecule has 0 radical (unpaired) electrons. The van der Waals surface area contributed by atoms with Gasteiger partial charge in [-0.15, -0.1) is 0 Å². The number of aryl methyl sites for hydroxylation is 1. The van der Waals surface area contributed by atoms with Crippen LogP contribution in [0.2, 0.25) is 0 Å².